The number of methoxy groups -OCH3 is 2. The molecule has 0 aliphatic carbocycles. The molecule has 2 aromatic rings. The molecule has 0 fully saturated rings. The van der Waals surface area contributed by atoms with Gasteiger partial charge in [-0.1, -0.05) is 19.1 Å². The predicted octanol–water partition coefficient (Wildman–Crippen LogP) is 2.15. The first-order valence-corrected chi connectivity index (χ1v) is 8.69. The van der Waals surface area contributed by atoms with Gasteiger partial charge in [0.05, 0.1) is 25.5 Å². The third kappa shape index (κ3) is 5.10. The van der Waals surface area contributed by atoms with Crippen molar-refractivity contribution < 1.29 is 19.1 Å². The summed E-state index contributed by atoms with van der Waals surface area (Å²) in [6, 6.07) is 9.09. The van der Waals surface area contributed by atoms with E-state index >= 15 is 0 Å². The summed E-state index contributed by atoms with van der Waals surface area (Å²) in [4.78, 5) is 29.1. The summed E-state index contributed by atoms with van der Waals surface area (Å²) in [5.41, 5.74) is 12.2. The fourth-order valence-corrected chi connectivity index (χ4v) is 2.42. The van der Waals surface area contributed by atoms with Gasteiger partial charge in [-0.2, -0.15) is 4.99 Å². The number of nitrogens with zero attached hydrogens (tertiary/aromatic N) is 1. The van der Waals surface area contributed by atoms with E-state index in [1.54, 1.807) is 19.1 Å². The van der Waals surface area contributed by atoms with E-state index in [9.17, 15) is 9.59 Å². The highest BCUT2D eigenvalue weighted by atomic mass is 16.5. The highest BCUT2D eigenvalue weighted by molar-refractivity contribution is 6.12. The van der Waals surface area contributed by atoms with Gasteiger partial charge in [-0.05, 0) is 18.2 Å². The first kappa shape index (κ1) is 21.4. The number of carbonyl (C=O) groups excluding carboxylic acids is 2. The molecular formula is C20H23N5O4. The van der Waals surface area contributed by atoms with Crippen LogP contribution in [0, 0.1) is 5.41 Å². The molecule has 29 heavy (non-hydrogen) atoms. The maximum absolute atomic E-state index is 12.7. The molecule has 0 spiro atoms. The molecule has 0 aliphatic rings. The Labute approximate surface area is 168 Å². The van der Waals surface area contributed by atoms with Gasteiger partial charge in [-0.25, -0.2) is 0 Å². The van der Waals surface area contributed by atoms with Gasteiger partial charge in [-0.3, -0.25) is 15.0 Å². The molecular weight excluding hydrogens is 374 g/mol. The Balaban J connectivity index is 2.44. The van der Waals surface area contributed by atoms with Gasteiger partial charge in [0.1, 0.15) is 11.7 Å². The van der Waals surface area contributed by atoms with Crippen molar-refractivity contribution in [2.24, 2.45) is 16.5 Å². The van der Waals surface area contributed by atoms with Gasteiger partial charge >= 0.3 is 0 Å². The highest BCUT2D eigenvalue weighted by Crippen LogP contribution is 2.34. The van der Waals surface area contributed by atoms with Gasteiger partial charge in [0.15, 0.2) is 11.5 Å². The molecule has 2 rings (SSSR count). The number of benzene rings is 2. The van der Waals surface area contributed by atoms with Crippen LogP contribution in [-0.4, -0.2) is 37.7 Å². The molecule has 0 bridgehead atoms. The Morgan fingerprint density at radius 1 is 1.03 bits per heavy atom. The van der Waals surface area contributed by atoms with E-state index in [1.807, 2.05) is 0 Å². The summed E-state index contributed by atoms with van der Waals surface area (Å²) in [5.74, 6) is -0.372. The molecule has 0 atom stereocenters. The molecule has 152 valence electrons. The van der Waals surface area contributed by atoms with Gasteiger partial charge in [0.2, 0.25) is 0 Å². The fourth-order valence-electron chi connectivity index (χ4n) is 2.42. The van der Waals surface area contributed by atoms with Crippen molar-refractivity contribution in [2.45, 2.75) is 13.3 Å². The van der Waals surface area contributed by atoms with Crippen molar-refractivity contribution in [3.05, 3.63) is 53.1 Å². The number of aliphatic imine (C=N–C) groups is 1. The second-order valence-corrected chi connectivity index (χ2v) is 5.96. The predicted molar refractivity (Wildman–Crippen MR) is 111 cm³/mol. The van der Waals surface area contributed by atoms with Crippen LogP contribution < -0.4 is 26.3 Å². The zero-order valence-corrected chi connectivity index (χ0v) is 16.4. The molecule has 6 N–H and O–H groups in total. The number of nitrogens with one attached hydrogen (secondary N) is 2. The minimum Gasteiger partial charge on any atom is -0.493 e. The van der Waals surface area contributed by atoms with E-state index in [-0.39, 0.29) is 22.9 Å². The number of nitrogens with two attached hydrogens (primary N) is 2. The Morgan fingerprint density at radius 3 is 2.10 bits per heavy atom. The Morgan fingerprint density at radius 2 is 1.59 bits per heavy atom. The zero-order valence-electron chi connectivity index (χ0n) is 16.4. The van der Waals surface area contributed by atoms with Crippen LogP contribution in [0.15, 0.2) is 41.4 Å². The number of ether oxygens (including phenoxy) is 2. The van der Waals surface area contributed by atoms with Crippen LogP contribution in [0.25, 0.3) is 0 Å². The van der Waals surface area contributed by atoms with Crippen molar-refractivity contribution in [3.63, 3.8) is 0 Å². The van der Waals surface area contributed by atoms with Crippen LogP contribution in [0.3, 0.4) is 0 Å². The Bertz CT molecular complexity index is 968. The van der Waals surface area contributed by atoms with E-state index < -0.39 is 11.8 Å². The van der Waals surface area contributed by atoms with Gasteiger partial charge in [0.25, 0.3) is 11.8 Å². The molecule has 0 aromatic heterocycles. The van der Waals surface area contributed by atoms with Gasteiger partial charge in [-0.15, -0.1) is 0 Å². The molecule has 0 unspecified atom stereocenters. The molecule has 0 saturated heterocycles. The summed E-state index contributed by atoms with van der Waals surface area (Å²) in [6.07, 6.45) is 0.406. The van der Waals surface area contributed by atoms with E-state index in [1.165, 1.54) is 38.5 Å². The lowest BCUT2D eigenvalue weighted by atomic mass is 10.1. The number of hydrogen-bond donors (Lipinski definition) is 4. The molecule has 2 aromatic carbocycles. The standard InChI is InChI=1S/C20H23N5O4/c1-4-17(21)25-20(27)13-9-15(28-2)16(29-3)10-14(13)24-19(26)12-7-5-11(6-8-12)18(22)23/h5-10H,4H2,1-3H3,(H3,22,23)(H,24,26)(H2,21,25,27). The lowest BCUT2D eigenvalue weighted by Gasteiger charge is -2.14. The maximum Gasteiger partial charge on any atom is 0.280 e. The molecule has 9 heteroatoms. The summed E-state index contributed by atoms with van der Waals surface area (Å²) in [5, 5.41) is 10.1. The lowest BCUT2D eigenvalue weighted by molar-refractivity contribution is 0.100. The molecule has 9 nitrogen and oxygen atoms in total. The third-order valence-electron chi connectivity index (χ3n) is 4.07. The smallest absolute Gasteiger partial charge is 0.280 e. The molecule has 0 radical (unpaired) electrons. The molecule has 0 heterocycles. The minimum absolute atomic E-state index is 0.101. The van der Waals surface area contributed by atoms with Crippen LogP contribution in [0.1, 0.15) is 39.6 Å². The lowest BCUT2D eigenvalue weighted by Crippen LogP contribution is -2.17. The monoisotopic (exact) mass is 397 g/mol. The summed E-state index contributed by atoms with van der Waals surface area (Å²) >= 11 is 0. The SMILES string of the molecule is CCC(N)=NC(=O)c1cc(OC)c(OC)cc1NC(=O)c1ccc(C(=N)N)cc1. The number of nitrogen functional groups attached to an aromatic ring is 1. The number of amidine groups is 2. The second-order valence-electron chi connectivity index (χ2n) is 5.96. The second kappa shape index (κ2) is 9.36. The highest BCUT2D eigenvalue weighted by Gasteiger charge is 2.19. The average Bonchev–Trinajstić information content (AvgIpc) is 2.72. The van der Waals surface area contributed by atoms with Crippen LogP contribution in [-0.2, 0) is 0 Å². The van der Waals surface area contributed by atoms with Crippen molar-refractivity contribution in [3.8, 4) is 11.5 Å². The Kier molecular flexibility index (Phi) is 6.91. The zero-order chi connectivity index (χ0) is 21.6. The number of rotatable bonds is 7. The molecule has 0 saturated carbocycles. The fraction of sp³-hybridized carbons (Fsp3) is 0.200. The van der Waals surface area contributed by atoms with Crippen molar-refractivity contribution in [1.29, 1.82) is 5.41 Å². The normalized spacial score (nSPS) is 10.9. The van der Waals surface area contributed by atoms with E-state index in [4.69, 9.17) is 26.4 Å². The topological polar surface area (TPSA) is 153 Å². The van der Waals surface area contributed by atoms with Gasteiger partial charge < -0.3 is 26.3 Å². The number of hydrogen-bond acceptors (Lipinski definition) is 5. The largest absolute Gasteiger partial charge is 0.493 e. The minimum atomic E-state index is -0.618. The number of amides is 2. The summed E-state index contributed by atoms with van der Waals surface area (Å²) < 4.78 is 10.5. The average molecular weight is 397 g/mol. The maximum atomic E-state index is 12.7. The number of anilines is 1. The van der Waals surface area contributed by atoms with Crippen LogP contribution >= 0.6 is 0 Å². The number of carbonyl (C=O) groups is 2. The van der Waals surface area contributed by atoms with E-state index in [0.29, 0.717) is 29.0 Å². The third-order valence-corrected chi connectivity index (χ3v) is 4.07. The van der Waals surface area contributed by atoms with Crippen LogP contribution in [0.5, 0.6) is 11.5 Å². The molecule has 2 amide bonds. The quantitative estimate of drug-likeness (QED) is 0.415. The van der Waals surface area contributed by atoms with Crippen molar-refractivity contribution in [1.82, 2.24) is 0 Å². The summed E-state index contributed by atoms with van der Waals surface area (Å²) in [6.45, 7) is 1.77. The summed E-state index contributed by atoms with van der Waals surface area (Å²) in [7, 11) is 2.88. The molecule has 0 aliphatic heterocycles. The first-order valence-electron chi connectivity index (χ1n) is 8.69. The van der Waals surface area contributed by atoms with Crippen molar-refractivity contribution in [2.75, 3.05) is 19.5 Å². The first-order chi connectivity index (χ1) is 13.8. The van der Waals surface area contributed by atoms with E-state index in [2.05, 4.69) is 10.3 Å². The van der Waals surface area contributed by atoms with Crippen LogP contribution in [0.4, 0.5) is 5.69 Å². The van der Waals surface area contributed by atoms with Crippen molar-refractivity contribution >= 4 is 29.2 Å². The van der Waals surface area contributed by atoms with Crippen LogP contribution in [0.2, 0.25) is 0 Å². The van der Waals surface area contributed by atoms with E-state index in [0.717, 1.165) is 0 Å². The Hall–Kier alpha value is -3.88. The van der Waals surface area contributed by atoms with Gasteiger partial charge in [0, 0.05) is 23.6 Å².